The molecule has 0 aromatic heterocycles. The number of hydrogen-bond acceptors (Lipinski definition) is 3. The van der Waals surface area contributed by atoms with Crippen molar-refractivity contribution in [3.05, 3.63) is 60.8 Å². The summed E-state index contributed by atoms with van der Waals surface area (Å²) in [6, 6.07) is -0.544. The van der Waals surface area contributed by atoms with Crippen molar-refractivity contribution in [1.29, 1.82) is 0 Å². The molecule has 0 bridgehead atoms. The van der Waals surface area contributed by atoms with E-state index >= 15 is 0 Å². The van der Waals surface area contributed by atoms with Gasteiger partial charge in [0, 0.05) is 6.42 Å². The van der Waals surface area contributed by atoms with Gasteiger partial charge in [0.15, 0.2) is 0 Å². The van der Waals surface area contributed by atoms with Crippen molar-refractivity contribution >= 4 is 5.91 Å². The molecule has 49 heavy (non-hydrogen) atoms. The molecule has 0 fully saturated rings. The van der Waals surface area contributed by atoms with Crippen LogP contribution in [0.1, 0.15) is 200 Å². The summed E-state index contributed by atoms with van der Waals surface area (Å²) in [6.07, 6.45) is 55.7. The van der Waals surface area contributed by atoms with E-state index in [9.17, 15) is 15.0 Å². The predicted octanol–water partition coefficient (Wildman–Crippen LogP) is 13.0. The number of nitrogens with one attached hydrogen (secondary N) is 1. The highest BCUT2D eigenvalue weighted by Crippen LogP contribution is 2.15. The Balaban J connectivity index is 3.60. The molecule has 0 aliphatic rings. The fraction of sp³-hybridized carbons (Fsp3) is 0.756. The zero-order valence-electron chi connectivity index (χ0n) is 32.4. The SMILES string of the molecule is CC/C=C\C/C=C\C/C=C\C/C=C\C/C=C\CCCCCCCCCC(=O)NC(CO)C(O)CCCCCCCCCCCCCCCC. The van der Waals surface area contributed by atoms with Gasteiger partial charge in [-0.2, -0.15) is 0 Å². The quantitative estimate of drug-likeness (QED) is 0.0451. The van der Waals surface area contributed by atoms with Gasteiger partial charge in [0.2, 0.25) is 5.91 Å². The Morgan fingerprint density at radius 1 is 0.510 bits per heavy atom. The normalized spacial score (nSPS) is 13.6. The van der Waals surface area contributed by atoms with Gasteiger partial charge in [-0.3, -0.25) is 4.79 Å². The molecule has 0 heterocycles. The number of aliphatic hydroxyl groups is 2. The van der Waals surface area contributed by atoms with Gasteiger partial charge in [0.05, 0.1) is 18.8 Å². The van der Waals surface area contributed by atoms with E-state index in [1.54, 1.807) is 0 Å². The third-order valence-corrected chi connectivity index (χ3v) is 9.29. The smallest absolute Gasteiger partial charge is 0.220 e. The molecule has 2 atom stereocenters. The number of unbranched alkanes of at least 4 members (excludes halogenated alkanes) is 20. The van der Waals surface area contributed by atoms with Crippen LogP contribution in [-0.4, -0.2) is 34.9 Å². The molecule has 4 nitrogen and oxygen atoms in total. The standard InChI is InChI=1S/C45H81NO3/c1-3-5-7-9-11-13-15-17-19-20-21-22-23-24-25-26-27-29-31-33-35-37-39-41-45(49)46-43(42-47)44(48)40-38-36-34-32-30-28-18-16-14-12-10-8-6-4-2/h5,7,11,13,17,19,21-22,24-25,43-44,47-48H,3-4,6,8-10,12,14-16,18,20,23,26-42H2,1-2H3,(H,46,49)/b7-5-,13-11-,19-17-,22-21-,25-24-. The number of amides is 1. The van der Waals surface area contributed by atoms with Crippen molar-refractivity contribution in [3.63, 3.8) is 0 Å². The summed E-state index contributed by atoms with van der Waals surface area (Å²) in [5.74, 6) is -0.0453. The van der Waals surface area contributed by atoms with Crippen molar-refractivity contribution in [2.45, 2.75) is 212 Å². The Hall–Kier alpha value is -1.91. The molecule has 284 valence electrons. The van der Waals surface area contributed by atoms with E-state index < -0.39 is 12.1 Å². The van der Waals surface area contributed by atoms with Gasteiger partial charge in [-0.05, 0) is 57.8 Å². The zero-order valence-corrected chi connectivity index (χ0v) is 32.4. The number of aliphatic hydroxyl groups excluding tert-OH is 2. The van der Waals surface area contributed by atoms with Crippen LogP contribution in [0.25, 0.3) is 0 Å². The molecule has 0 aliphatic carbocycles. The van der Waals surface area contributed by atoms with E-state index in [1.165, 1.54) is 109 Å². The molecule has 0 aromatic carbocycles. The molecule has 0 aliphatic heterocycles. The lowest BCUT2D eigenvalue weighted by Gasteiger charge is -2.22. The zero-order chi connectivity index (χ0) is 35.7. The summed E-state index contributed by atoms with van der Waals surface area (Å²) in [5.41, 5.74) is 0. The monoisotopic (exact) mass is 684 g/mol. The Morgan fingerprint density at radius 3 is 1.35 bits per heavy atom. The maximum atomic E-state index is 12.4. The van der Waals surface area contributed by atoms with E-state index in [0.29, 0.717) is 12.8 Å². The predicted molar refractivity (Wildman–Crippen MR) is 216 cm³/mol. The summed E-state index contributed by atoms with van der Waals surface area (Å²) >= 11 is 0. The summed E-state index contributed by atoms with van der Waals surface area (Å²) in [5, 5.41) is 23.1. The average Bonchev–Trinajstić information content (AvgIpc) is 3.10. The van der Waals surface area contributed by atoms with Gasteiger partial charge in [-0.1, -0.05) is 197 Å². The fourth-order valence-electron chi connectivity index (χ4n) is 6.09. The largest absolute Gasteiger partial charge is 0.394 e. The minimum Gasteiger partial charge on any atom is -0.394 e. The molecule has 4 heteroatoms. The highest BCUT2D eigenvalue weighted by Gasteiger charge is 2.19. The van der Waals surface area contributed by atoms with Crippen molar-refractivity contribution in [3.8, 4) is 0 Å². The van der Waals surface area contributed by atoms with Crippen LogP contribution in [0.5, 0.6) is 0 Å². The van der Waals surface area contributed by atoms with Gasteiger partial charge in [0.25, 0.3) is 0 Å². The first-order valence-electron chi connectivity index (χ1n) is 21.0. The van der Waals surface area contributed by atoms with Crippen LogP contribution in [0.15, 0.2) is 60.8 Å². The lowest BCUT2D eigenvalue weighted by molar-refractivity contribution is -0.123. The second-order valence-electron chi connectivity index (χ2n) is 14.0. The molecule has 0 saturated heterocycles. The number of carbonyl (C=O) groups excluding carboxylic acids is 1. The van der Waals surface area contributed by atoms with Gasteiger partial charge >= 0.3 is 0 Å². The van der Waals surface area contributed by atoms with Gasteiger partial charge < -0.3 is 15.5 Å². The minimum absolute atomic E-state index is 0.0453. The van der Waals surface area contributed by atoms with E-state index in [-0.39, 0.29) is 12.5 Å². The lowest BCUT2D eigenvalue weighted by atomic mass is 10.0. The second kappa shape index (κ2) is 40.5. The maximum Gasteiger partial charge on any atom is 0.220 e. The number of carbonyl (C=O) groups is 1. The summed E-state index contributed by atoms with van der Waals surface area (Å²) in [7, 11) is 0. The minimum atomic E-state index is -0.666. The molecular weight excluding hydrogens is 602 g/mol. The Morgan fingerprint density at radius 2 is 0.898 bits per heavy atom. The third-order valence-electron chi connectivity index (χ3n) is 9.29. The molecule has 1 amide bonds. The van der Waals surface area contributed by atoms with Crippen LogP contribution in [0.3, 0.4) is 0 Å². The van der Waals surface area contributed by atoms with Crippen molar-refractivity contribution in [2.75, 3.05) is 6.61 Å². The molecule has 0 aromatic rings. The summed E-state index contributed by atoms with van der Waals surface area (Å²) < 4.78 is 0. The Bertz CT molecular complexity index is 827. The van der Waals surface area contributed by atoms with Gasteiger partial charge in [0.1, 0.15) is 0 Å². The summed E-state index contributed by atoms with van der Waals surface area (Å²) in [6.45, 7) is 4.23. The molecule has 0 radical (unpaired) electrons. The average molecular weight is 684 g/mol. The lowest BCUT2D eigenvalue weighted by Crippen LogP contribution is -2.45. The first-order valence-corrected chi connectivity index (χ1v) is 21.0. The number of hydrogen-bond donors (Lipinski definition) is 3. The molecular formula is C45H81NO3. The van der Waals surface area contributed by atoms with Gasteiger partial charge in [-0.15, -0.1) is 0 Å². The maximum absolute atomic E-state index is 12.4. The third kappa shape index (κ3) is 37.2. The summed E-state index contributed by atoms with van der Waals surface area (Å²) in [4.78, 5) is 12.4. The first-order chi connectivity index (χ1) is 24.2. The highest BCUT2D eigenvalue weighted by atomic mass is 16.3. The Labute approximate surface area is 305 Å². The molecule has 0 rings (SSSR count). The van der Waals surface area contributed by atoms with E-state index in [0.717, 1.165) is 64.2 Å². The van der Waals surface area contributed by atoms with E-state index in [4.69, 9.17) is 0 Å². The molecule has 0 spiro atoms. The highest BCUT2D eigenvalue weighted by molar-refractivity contribution is 5.76. The second-order valence-corrected chi connectivity index (χ2v) is 14.0. The van der Waals surface area contributed by atoms with Crippen LogP contribution < -0.4 is 5.32 Å². The molecule has 2 unspecified atom stereocenters. The van der Waals surface area contributed by atoms with Crippen molar-refractivity contribution < 1.29 is 15.0 Å². The van der Waals surface area contributed by atoms with E-state index in [1.807, 2.05) is 0 Å². The fourth-order valence-corrected chi connectivity index (χ4v) is 6.09. The molecule has 3 N–H and O–H groups in total. The topological polar surface area (TPSA) is 69.6 Å². The van der Waals surface area contributed by atoms with Crippen molar-refractivity contribution in [1.82, 2.24) is 5.32 Å². The van der Waals surface area contributed by atoms with E-state index in [2.05, 4.69) is 79.9 Å². The van der Waals surface area contributed by atoms with Crippen molar-refractivity contribution in [2.24, 2.45) is 0 Å². The number of rotatable bonds is 37. The van der Waals surface area contributed by atoms with Crippen LogP contribution in [-0.2, 0) is 4.79 Å². The van der Waals surface area contributed by atoms with Crippen LogP contribution in [0, 0.1) is 0 Å². The number of allylic oxidation sites excluding steroid dienone is 10. The van der Waals surface area contributed by atoms with Crippen LogP contribution in [0.2, 0.25) is 0 Å². The Kier molecular flexibility index (Phi) is 38.9. The first kappa shape index (κ1) is 47.1. The van der Waals surface area contributed by atoms with Crippen LogP contribution >= 0.6 is 0 Å². The van der Waals surface area contributed by atoms with Gasteiger partial charge in [-0.25, -0.2) is 0 Å². The van der Waals surface area contributed by atoms with Crippen LogP contribution in [0.4, 0.5) is 0 Å². The molecule has 0 saturated carbocycles.